The molecule has 16 heavy (non-hydrogen) atoms. The lowest BCUT2D eigenvalue weighted by Crippen LogP contribution is -2.40. The lowest BCUT2D eigenvalue weighted by molar-refractivity contribution is 0.112. The molecule has 0 spiro atoms. The average Bonchev–Trinajstić information content (AvgIpc) is 2.50. The molecule has 0 radical (unpaired) electrons. The number of aliphatic hydroxyl groups excluding tert-OH is 1. The van der Waals surface area contributed by atoms with Crippen LogP contribution in [0.1, 0.15) is 0 Å². The third-order valence-electron chi connectivity index (χ3n) is 3.46. The van der Waals surface area contributed by atoms with Crippen LogP contribution in [0.15, 0.2) is 0 Å². The summed E-state index contributed by atoms with van der Waals surface area (Å²) < 4.78 is 0. The van der Waals surface area contributed by atoms with Crippen LogP contribution >= 0.6 is 23.5 Å². The quantitative estimate of drug-likeness (QED) is 0.779. The fourth-order valence-electron chi connectivity index (χ4n) is 2.42. The van der Waals surface area contributed by atoms with Crippen LogP contribution in [0.5, 0.6) is 0 Å². The summed E-state index contributed by atoms with van der Waals surface area (Å²) in [6.45, 7) is 1.88. The minimum absolute atomic E-state index is 0.173. The number of β-amino-alcohol motifs (C(OH)–C–C–N with tert-alkyl or cyclic N) is 1. The van der Waals surface area contributed by atoms with Gasteiger partial charge < -0.3 is 10.0 Å². The maximum atomic E-state index is 10.0. The highest BCUT2D eigenvalue weighted by Crippen LogP contribution is 2.24. The third kappa shape index (κ3) is 3.07. The van der Waals surface area contributed by atoms with Gasteiger partial charge in [0.15, 0.2) is 0 Å². The second kappa shape index (κ2) is 5.96. The van der Waals surface area contributed by atoms with Gasteiger partial charge in [0.05, 0.1) is 6.10 Å². The first-order valence-corrected chi connectivity index (χ1v) is 8.23. The zero-order valence-corrected chi connectivity index (χ0v) is 11.8. The molecular weight excluding hydrogens is 240 g/mol. The molecule has 2 heterocycles. The molecule has 0 aromatic heterocycles. The molecule has 2 fully saturated rings. The monoisotopic (exact) mass is 262 g/mol. The second-order valence-corrected chi connectivity index (χ2v) is 7.16. The number of hydrogen-bond acceptors (Lipinski definition) is 5. The Hall–Kier alpha value is 0.580. The maximum Gasteiger partial charge on any atom is 0.0834 e. The fraction of sp³-hybridized carbons (Fsp3) is 1.00. The number of hydrogen-bond donors (Lipinski definition) is 1. The summed E-state index contributed by atoms with van der Waals surface area (Å²) in [6.07, 6.45) is -0.173. The smallest absolute Gasteiger partial charge is 0.0834 e. The molecule has 2 aliphatic heterocycles. The van der Waals surface area contributed by atoms with E-state index in [0.29, 0.717) is 12.1 Å². The lowest BCUT2D eigenvalue weighted by atomic mass is 10.2. The largest absolute Gasteiger partial charge is 0.390 e. The Labute approximate surface area is 107 Å². The Kier molecular flexibility index (Phi) is 4.85. The van der Waals surface area contributed by atoms with Crippen molar-refractivity contribution >= 4 is 23.5 Å². The summed E-state index contributed by atoms with van der Waals surface area (Å²) >= 11 is 4.13. The second-order valence-electron chi connectivity index (χ2n) is 4.86. The number of rotatable bonds is 2. The standard InChI is InChI=1S/C11H22N2OS2/c1-12(2)10-5-13(6-11(10)14)9-7-15-3-4-16-8-9/h9-11,14H,3-8H2,1-2H3/t10-,11-/m0/s1. The normalized spacial score (nSPS) is 34.5. The summed E-state index contributed by atoms with van der Waals surface area (Å²) in [6, 6.07) is 0.982. The molecular formula is C11H22N2OS2. The van der Waals surface area contributed by atoms with E-state index in [-0.39, 0.29) is 6.10 Å². The average molecular weight is 262 g/mol. The van der Waals surface area contributed by atoms with Crippen molar-refractivity contribution in [2.75, 3.05) is 50.2 Å². The SMILES string of the molecule is CN(C)[C@H]1CN(C2CSCCSC2)C[C@@H]1O. The molecule has 0 bridgehead atoms. The van der Waals surface area contributed by atoms with Gasteiger partial charge in [0.2, 0.25) is 0 Å². The Morgan fingerprint density at radius 1 is 1.12 bits per heavy atom. The maximum absolute atomic E-state index is 10.0. The van der Waals surface area contributed by atoms with Crippen LogP contribution in [0.2, 0.25) is 0 Å². The first-order chi connectivity index (χ1) is 7.68. The zero-order valence-electron chi connectivity index (χ0n) is 10.1. The van der Waals surface area contributed by atoms with E-state index in [4.69, 9.17) is 0 Å². The van der Waals surface area contributed by atoms with E-state index in [2.05, 4.69) is 47.4 Å². The minimum atomic E-state index is -0.173. The van der Waals surface area contributed by atoms with Crippen molar-refractivity contribution in [1.29, 1.82) is 0 Å². The van der Waals surface area contributed by atoms with Crippen LogP contribution in [-0.2, 0) is 0 Å². The number of aliphatic hydroxyl groups is 1. The molecule has 3 nitrogen and oxygen atoms in total. The first-order valence-electron chi connectivity index (χ1n) is 5.92. The van der Waals surface area contributed by atoms with Crippen LogP contribution in [0.3, 0.4) is 0 Å². The highest BCUT2D eigenvalue weighted by atomic mass is 32.2. The molecule has 2 rings (SSSR count). The number of likely N-dealkylation sites (tertiary alicyclic amines) is 1. The van der Waals surface area contributed by atoms with Crippen molar-refractivity contribution in [1.82, 2.24) is 9.80 Å². The van der Waals surface area contributed by atoms with Gasteiger partial charge in [0.1, 0.15) is 0 Å². The van der Waals surface area contributed by atoms with E-state index in [9.17, 15) is 5.11 Å². The van der Waals surface area contributed by atoms with E-state index in [0.717, 1.165) is 13.1 Å². The van der Waals surface area contributed by atoms with Crippen LogP contribution in [0, 0.1) is 0 Å². The van der Waals surface area contributed by atoms with Crippen molar-refractivity contribution in [3.8, 4) is 0 Å². The number of likely N-dealkylation sites (N-methyl/N-ethyl adjacent to an activating group) is 1. The van der Waals surface area contributed by atoms with Gasteiger partial charge in [-0.2, -0.15) is 23.5 Å². The van der Waals surface area contributed by atoms with Crippen molar-refractivity contribution in [3.63, 3.8) is 0 Å². The molecule has 2 aliphatic rings. The molecule has 2 atom stereocenters. The Bertz CT molecular complexity index is 220. The summed E-state index contributed by atoms with van der Waals surface area (Å²) in [5.74, 6) is 5.04. The van der Waals surface area contributed by atoms with E-state index < -0.39 is 0 Å². The van der Waals surface area contributed by atoms with Crippen LogP contribution in [-0.4, -0.2) is 83.3 Å². The van der Waals surface area contributed by atoms with E-state index >= 15 is 0 Å². The molecule has 0 aromatic carbocycles. The van der Waals surface area contributed by atoms with Crippen molar-refractivity contribution in [2.24, 2.45) is 0 Å². The predicted octanol–water partition coefficient (Wildman–Crippen LogP) is 0.442. The molecule has 0 unspecified atom stereocenters. The molecule has 2 saturated heterocycles. The number of nitrogens with zero attached hydrogens (tertiary/aromatic N) is 2. The van der Waals surface area contributed by atoms with Crippen LogP contribution in [0.25, 0.3) is 0 Å². The molecule has 0 saturated carbocycles. The van der Waals surface area contributed by atoms with E-state index in [1.165, 1.54) is 23.0 Å². The van der Waals surface area contributed by atoms with Gasteiger partial charge in [-0.3, -0.25) is 4.90 Å². The Morgan fingerprint density at radius 3 is 2.25 bits per heavy atom. The molecule has 1 N–H and O–H groups in total. The molecule has 94 valence electrons. The highest BCUT2D eigenvalue weighted by molar-refractivity contribution is 8.03. The molecule has 5 heteroatoms. The van der Waals surface area contributed by atoms with Gasteiger partial charge >= 0.3 is 0 Å². The van der Waals surface area contributed by atoms with Crippen LogP contribution in [0.4, 0.5) is 0 Å². The van der Waals surface area contributed by atoms with Gasteiger partial charge in [-0.25, -0.2) is 0 Å². The zero-order chi connectivity index (χ0) is 11.5. The van der Waals surface area contributed by atoms with Gasteiger partial charge in [-0.15, -0.1) is 0 Å². The highest BCUT2D eigenvalue weighted by Gasteiger charge is 2.36. The fourth-order valence-corrected chi connectivity index (χ4v) is 5.05. The van der Waals surface area contributed by atoms with Crippen molar-refractivity contribution in [2.45, 2.75) is 18.2 Å². The van der Waals surface area contributed by atoms with Gasteiger partial charge in [-0.05, 0) is 14.1 Å². The Balaban J connectivity index is 1.90. The predicted molar refractivity (Wildman–Crippen MR) is 73.5 cm³/mol. The van der Waals surface area contributed by atoms with Crippen molar-refractivity contribution in [3.05, 3.63) is 0 Å². The van der Waals surface area contributed by atoms with E-state index in [1.807, 2.05) is 0 Å². The van der Waals surface area contributed by atoms with Gasteiger partial charge in [0.25, 0.3) is 0 Å². The van der Waals surface area contributed by atoms with Gasteiger partial charge in [-0.1, -0.05) is 0 Å². The summed E-state index contributed by atoms with van der Waals surface area (Å²) in [5.41, 5.74) is 0. The van der Waals surface area contributed by atoms with Crippen molar-refractivity contribution < 1.29 is 5.11 Å². The van der Waals surface area contributed by atoms with Gasteiger partial charge in [0, 0.05) is 48.2 Å². The summed E-state index contributed by atoms with van der Waals surface area (Å²) in [4.78, 5) is 4.64. The first kappa shape index (κ1) is 13.0. The lowest BCUT2D eigenvalue weighted by Gasteiger charge is -2.26. The van der Waals surface area contributed by atoms with E-state index in [1.54, 1.807) is 0 Å². The molecule has 0 amide bonds. The summed E-state index contributed by atoms with van der Waals surface area (Å²) in [5, 5.41) is 10.0. The topological polar surface area (TPSA) is 26.7 Å². The minimum Gasteiger partial charge on any atom is -0.390 e. The van der Waals surface area contributed by atoms with Crippen LogP contribution < -0.4 is 0 Å². The Morgan fingerprint density at radius 2 is 1.75 bits per heavy atom. The number of thioether (sulfide) groups is 2. The molecule has 0 aliphatic carbocycles. The third-order valence-corrected chi connectivity index (χ3v) is 5.94. The summed E-state index contributed by atoms with van der Waals surface area (Å²) in [7, 11) is 4.13. The molecule has 0 aromatic rings.